The first-order valence-electron chi connectivity index (χ1n) is 2.60. The smallest absolute Gasteiger partial charge is 0.00249 e. The molecular weight excluding hydrogens is 142 g/mol. The standard InChI is InChI=1S/C4H10P2S/c1-2-4-7-6-5-3-1/h5-6H,1-4H2. The second-order valence-electron chi connectivity index (χ2n) is 1.58. The summed E-state index contributed by atoms with van der Waals surface area (Å²) < 4.78 is 0. The maximum absolute atomic E-state index is 2.16. The van der Waals surface area contributed by atoms with E-state index < -0.39 is 0 Å². The summed E-state index contributed by atoms with van der Waals surface area (Å²) in [6, 6.07) is 0. The second kappa shape index (κ2) is 4.13. The highest BCUT2D eigenvalue weighted by molar-refractivity contribution is 8.67. The molecule has 0 aliphatic carbocycles. The Bertz CT molecular complexity index is 29.3. The van der Waals surface area contributed by atoms with Crippen LogP contribution in [0, 0.1) is 0 Å². The second-order valence-corrected chi connectivity index (χ2v) is 7.72. The summed E-state index contributed by atoms with van der Waals surface area (Å²) in [5.41, 5.74) is 0. The van der Waals surface area contributed by atoms with Crippen LogP contribution in [0.4, 0.5) is 0 Å². The summed E-state index contributed by atoms with van der Waals surface area (Å²) in [7, 11) is 2.52. The van der Waals surface area contributed by atoms with E-state index >= 15 is 0 Å². The largest absolute Gasteiger partial charge is 0.133 e. The van der Waals surface area contributed by atoms with Gasteiger partial charge in [-0.05, 0) is 32.2 Å². The van der Waals surface area contributed by atoms with Crippen molar-refractivity contribution in [3.05, 3.63) is 0 Å². The average molecular weight is 152 g/mol. The molecule has 0 spiro atoms. The van der Waals surface area contributed by atoms with Crippen LogP contribution in [-0.4, -0.2) is 11.9 Å². The van der Waals surface area contributed by atoms with Crippen molar-refractivity contribution in [2.45, 2.75) is 12.8 Å². The van der Waals surface area contributed by atoms with Gasteiger partial charge in [-0.25, -0.2) is 0 Å². The van der Waals surface area contributed by atoms with Gasteiger partial charge in [-0.2, -0.15) is 0 Å². The van der Waals surface area contributed by atoms with Crippen LogP contribution < -0.4 is 0 Å². The van der Waals surface area contributed by atoms with Gasteiger partial charge in [-0.15, -0.1) is 11.4 Å². The molecule has 7 heavy (non-hydrogen) atoms. The summed E-state index contributed by atoms with van der Waals surface area (Å²) >= 11 is 2.16. The topological polar surface area (TPSA) is 0 Å². The van der Waals surface area contributed by atoms with Crippen LogP contribution in [0.25, 0.3) is 0 Å². The lowest BCUT2D eigenvalue weighted by atomic mass is 10.4. The molecule has 0 radical (unpaired) electrons. The van der Waals surface area contributed by atoms with E-state index in [1.54, 1.807) is 0 Å². The minimum Gasteiger partial charge on any atom is -0.133 e. The molecule has 1 heterocycles. The zero-order valence-electron chi connectivity index (χ0n) is 4.24. The molecule has 0 N–H and O–H groups in total. The zero-order chi connectivity index (χ0) is 4.95. The van der Waals surface area contributed by atoms with Gasteiger partial charge in [0.2, 0.25) is 0 Å². The van der Waals surface area contributed by atoms with Crippen LogP contribution in [0.2, 0.25) is 0 Å². The van der Waals surface area contributed by atoms with Gasteiger partial charge in [-0.3, -0.25) is 0 Å². The van der Waals surface area contributed by atoms with Crippen molar-refractivity contribution in [3.63, 3.8) is 0 Å². The molecule has 2 atom stereocenters. The first-order valence-corrected chi connectivity index (χ1v) is 7.51. The Morgan fingerprint density at radius 2 is 2.29 bits per heavy atom. The van der Waals surface area contributed by atoms with Crippen molar-refractivity contribution in [2.24, 2.45) is 0 Å². The fourth-order valence-electron chi connectivity index (χ4n) is 0.541. The summed E-state index contributed by atoms with van der Waals surface area (Å²) in [5.74, 6) is 1.44. The van der Waals surface area contributed by atoms with Crippen LogP contribution in [0.15, 0.2) is 0 Å². The predicted octanol–water partition coefficient (Wildman–Crippen LogP) is 2.70. The maximum Gasteiger partial charge on any atom is -0.00249 e. The van der Waals surface area contributed by atoms with Crippen LogP contribution in [0.5, 0.6) is 0 Å². The third-order valence-corrected chi connectivity index (χ3v) is 7.15. The molecule has 42 valence electrons. The molecule has 0 aromatic heterocycles. The molecule has 1 saturated heterocycles. The minimum atomic E-state index is 1.24. The minimum absolute atomic E-state index is 1.24. The Kier molecular flexibility index (Phi) is 3.73. The summed E-state index contributed by atoms with van der Waals surface area (Å²) in [6.07, 6.45) is 4.49. The summed E-state index contributed by atoms with van der Waals surface area (Å²) in [4.78, 5) is 0. The molecule has 2 unspecified atom stereocenters. The quantitative estimate of drug-likeness (QED) is 0.481. The fraction of sp³-hybridized carbons (Fsp3) is 1.00. The molecule has 3 heteroatoms. The van der Waals surface area contributed by atoms with Gasteiger partial charge in [-0.1, -0.05) is 8.27 Å². The van der Waals surface area contributed by atoms with Crippen molar-refractivity contribution in [3.8, 4) is 0 Å². The Morgan fingerprint density at radius 1 is 1.29 bits per heavy atom. The van der Waals surface area contributed by atoms with Gasteiger partial charge in [0, 0.05) is 0 Å². The van der Waals surface area contributed by atoms with E-state index in [0.717, 1.165) is 0 Å². The highest BCUT2D eigenvalue weighted by Crippen LogP contribution is 2.50. The lowest BCUT2D eigenvalue weighted by Crippen LogP contribution is -1.74. The number of hydrogen-bond donors (Lipinski definition) is 0. The van der Waals surface area contributed by atoms with Crippen molar-refractivity contribution < 1.29 is 0 Å². The molecule has 0 nitrogen and oxygen atoms in total. The molecule has 0 aromatic carbocycles. The van der Waals surface area contributed by atoms with E-state index in [-0.39, 0.29) is 0 Å². The Labute approximate surface area is 52.4 Å². The van der Waals surface area contributed by atoms with Gasteiger partial charge < -0.3 is 0 Å². The molecule has 0 aromatic rings. The normalized spacial score (nSPS) is 30.9. The van der Waals surface area contributed by atoms with E-state index in [2.05, 4.69) is 11.4 Å². The van der Waals surface area contributed by atoms with Crippen molar-refractivity contribution in [2.75, 3.05) is 11.9 Å². The fourth-order valence-corrected chi connectivity index (χ4v) is 6.26. The Balaban J connectivity index is 2.04. The van der Waals surface area contributed by atoms with Gasteiger partial charge >= 0.3 is 0 Å². The van der Waals surface area contributed by atoms with Gasteiger partial charge in [0.05, 0.1) is 0 Å². The SMILES string of the molecule is C1CCSPPC1. The van der Waals surface area contributed by atoms with Gasteiger partial charge in [0.25, 0.3) is 0 Å². The van der Waals surface area contributed by atoms with Crippen molar-refractivity contribution >= 4 is 27.1 Å². The molecule has 0 amide bonds. The molecule has 1 fully saturated rings. The lowest BCUT2D eigenvalue weighted by molar-refractivity contribution is 0.910. The van der Waals surface area contributed by atoms with Crippen LogP contribution >= 0.6 is 27.1 Å². The first kappa shape index (κ1) is 6.33. The Morgan fingerprint density at radius 3 is 3.29 bits per heavy atom. The number of hydrogen-bond acceptors (Lipinski definition) is 1. The van der Waals surface area contributed by atoms with E-state index in [9.17, 15) is 0 Å². The van der Waals surface area contributed by atoms with Crippen molar-refractivity contribution in [1.29, 1.82) is 0 Å². The van der Waals surface area contributed by atoms with E-state index in [1.807, 2.05) is 0 Å². The highest BCUT2D eigenvalue weighted by Gasteiger charge is 1.95. The van der Waals surface area contributed by atoms with Crippen LogP contribution in [0.3, 0.4) is 0 Å². The third kappa shape index (κ3) is 2.90. The Hall–Kier alpha value is 1.21. The van der Waals surface area contributed by atoms with Gasteiger partial charge in [0.15, 0.2) is 0 Å². The molecular formula is C4H10P2S. The maximum atomic E-state index is 2.16. The number of rotatable bonds is 0. The van der Waals surface area contributed by atoms with Crippen LogP contribution in [-0.2, 0) is 0 Å². The molecule has 1 aliphatic heterocycles. The first-order chi connectivity index (χ1) is 3.50. The highest BCUT2D eigenvalue weighted by atomic mass is 32.9. The lowest BCUT2D eigenvalue weighted by Gasteiger charge is -1.87. The zero-order valence-corrected chi connectivity index (χ0v) is 7.05. The summed E-state index contributed by atoms with van der Waals surface area (Å²) in [6.45, 7) is 0. The van der Waals surface area contributed by atoms with E-state index in [0.29, 0.717) is 0 Å². The van der Waals surface area contributed by atoms with Crippen molar-refractivity contribution in [1.82, 2.24) is 0 Å². The molecule has 0 bridgehead atoms. The van der Waals surface area contributed by atoms with Crippen LogP contribution in [0.1, 0.15) is 12.8 Å². The third-order valence-electron chi connectivity index (χ3n) is 0.943. The van der Waals surface area contributed by atoms with E-state index in [4.69, 9.17) is 0 Å². The molecule has 1 rings (SSSR count). The van der Waals surface area contributed by atoms with E-state index in [1.165, 1.54) is 40.5 Å². The molecule has 0 saturated carbocycles. The monoisotopic (exact) mass is 152 g/mol. The van der Waals surface area contributed by atoms with Gasteiger partial charge in [0.1, 0.15) is 0 Å². The summed E-state index contributed by atoms with van der Waals surface area (Å²) in [5, 5.41) is 0. The molecule has 1 aliphatic rings. The predicted molar refractivity (Wildman–Crippen MR) is 43.2 cm³/mol. The average Bonchev–Trinajstić information content (AvgIpc) is 1.90.